The van der Waals surface area contributed by atoms with Gasteiger partial charge in [0.05, 0.1) is 19.3 Å². The summed E-state index contributed by atoms with van der Waals surface area (Å²) >= 11 is 0. The summed E-state index contributed by atoms with van der Waals surface area (Å²) in [5.74, 6) is -0.456. The number of carbonyl (C=O) groups excluding carboxylic acids is 2. The SMILES string of the molecule is CCNC(=O)CNc1nc(C(=O)OC)ccc1N. The number of hydrogen-bond acceptors (Lipinski definition) is 6. The average Bonchev–Trinajstić information content (AvgIpc) is 2.37. The first-order valence-corrected chi connectivity index (χ1v) is 5.43. The van der Waals surface area contributed by atoms with Gasteiger partial charge in [0.15, 0.2) is 11.5 Å². The molecule has 0 aromatic carbocycles. The predicted molar refractivity (Wildman–Crippen MR) is 67.2 cm³/mol. The lowest BCUT2D eigenvalue weighted by molar-refractivity contribution is -0.119. The maximum Gasteiger partial charge on any atom is 0.356 e. The van der Waals surface area contributed by atoms with Crippen LogP contribution in [0.1, 0.15) is 17.4 Å². The van der Waals surface area contributed by atoms with E-state index in [-0.39, 0.29) is 24.0 Å². The maximum atomic E-state index is 11.3. The number of aromatic nitrogens is 1. The van der Waals surface area contributed by atoms with Crippen LogP contribution in [-0.4, -0.2) is 37.1 Å². The van der Waals surface area contributed by atoms with Crippen LogP contribution in [0, 0.1) is 0 Å². The van der Waals surface area contributed by atoms with Crippen molar-refractivity contribution in [1.29, 1.82) is 0 Å². The minimum absolute atomic E-state index is 0.0374. The predicted octanol–water partition coefficient (Wildman–Crippen LogP) is -0.00160. The van der Waals surface area contributed by atoms with Crippen LogP contribution >= 0.6 is 0 Å². The first-order valence-electron chi connectivity index (χ1n) is 5.43. The molecule has 1 amide bonds. The Morgan fingerprint density at radius 1 is 1.44 bits per heavy atom. The number of anilines is 2. The molecule has 0 atom stereocenters. The minimum Gasteiger partial charge on any atom is -0.464 e. The Labute approximate surface area is 105 Å². The summed E-state index contributed by atoms with van der Waals surface area (Å²) in [7, 11) is 1.27. The van der Waals surface area contributed by atoms with Crippen molar-refractivity contribution in [1.82, 2.24) is 10.3 Å². The van der Waals surface area contributed by atoms with Crippen LogP contribution < -0.4 is 16.4 Å². The number of nitrogens with zero attached hydrogens (tertiary/aromatic N) is 1. The van der Waals surface area contributed by atoms with Gasteiger partial charge in [-0.3, -0.25) is 4.79 Å². The van der Waals surface area contributed by atoms with Crippen molar-refractivity contribution in [2.24, 2.45) is 0 Å². The number of pyridine rings is 1. The third-order valence-electron chi connectivity index (χ3n) is 2.11. The van der Waals surface area contributed by atoms with E-state index >= 15 is 0 Å². The van der Waals surface area contributed by atoms with Gasteiger partial charge in [-0.1, -0.05) is 0 Å². The fraction of sp³-hybridized carbons (Fsp3) is 0.364. The molecule has 1 aromatic heterocycles. The number of nitrogen functional groups attached to an aromatic ring is 1. The molecule has 0 fully saturated rings. The second kappa shape index (κ2) is 6.43. The smallest absolute Gasteiger partial charge is 0.356 e. The molecule has 1 rings (SSSR count). The maximum absolute atomic E-state index is 11.3. The van der Waals surface area contributed by atoms with Gasteiger partial charge in [-0.15, -0.1) is 0 Å². The number of hydrogen-bond donors (Lipinski definition) is 3. The van der Waals surface area contributed by atoms with Gasteiger partial charge in [0.25, 0.3) is 0 Å². The molecule has 0 saturated heterocycles. The number of likely N-dealkylation sites (N-methyl/N-ethyl adjacent to an activating group) is 1. The lowest BCUT2D eigenvalue weighted by Crippen LogP contribution is -2.30. The molecule has 0 aliphatic heterocycles. The molecule has 0 aliphatic carbocycles. The molecular formula is C11H16N4O3. The van der Waals surface area contributed by atoms with Gasteiger partial charge in [-0.2, -0.15) is 0 Å². The first kappa shape index (κ1) is 13.8. The summed E-state index contributed by atoms with van der Waals surface area (Å²) in [6.07, 6.45) is 0. The summed E-state index contributed by atoms with van der Waals surface area (Å²) in [5.41, 5.74) is 6.17. The fourth-order valence-corrected chi connectivity index (χ4v) is 1.25. The van der Waals surface area contributed by atoms with E-state index in [1.807, 2.05) is 6.92 Å². The molecular weight excluding hydrogens is 236 g/mol. The lowest BCUT2D eigenvalue weighted by Gasteiger charge is -2.09. The van der Waals surface area contributed by atoms with Gasteiger partial charge < -0.3 is 21.1 Å². The van der Waals surface area contributed by atoms with Crippen LogP contribution in [0.25, 0.3) is 0 Å². The molecule has 0 radical (unpaired) electrons. The minimum atomic E-state index is -0.559. The van der Waals surface area contributed by atoms with E-state index in [0.717, 1.165) is 0 Å². The topological polar surface area (TPSA) is 106 Å². The molecule has 0 spiro atoms. The summed E-state index contributed by atoms with van der Waals surface area (Å²) in [5, 5.41) is 5.38. The van der Waals surface area contributed by atoms with Crippen LogP contribution in [0.2, 0.25) is 0 Å². The Morgan fingerprint density at radius 2 is 2.17 bits per heavy atom. The Kier molecular flexibility index (Phi) is 4.91. The molecule has 0 bridgehead atoms. The third kappa shape index (κ3) is 3.62. The molecule has 4 N–H and O–H groups in total. The van der Waals surface area contributed by atoms with Crippen molar-refractivity contribution in [2.75, 3.05) is 31.2 Å². The van der Waals surface area contributed by atoms with Crippen molar-refractivity contribution in [3.63, 3.8) is 0 Å². The van der Waals surface area contributed by atoms with Crippen LogP contribution in [0.4, 0.5) is 11.5 Å². The lowest BCUT2D eigenvalue weighted by atomic mass is 10.3. The van der Waals surface area contributed by atoms with Gasteiger partial charge in [0.2, 0.25) is 5.91 Å². The van der Waals surface area contributed by atoms with Crippen LogP contribution in [0.5, 0.6) is 0 Å². The highest BCUT2D eigenvalue weighted by atomic mass is 16.5. The zero-order valence-corrected chi connectivity index (χ0v) is 10.3. The van der Waals surface area contributed by atoms with Gasteiger partial charge >= 0.3 is 5.97 Å². The van der Waals surface area contributed by atoms with Crippen molar-refractivity contribution in [3.8, 4) is 0 Å². The molecule has 0 aliphatic rings. The molecule has 0 saturated carbocycles. The van der Waals surface area contributed by atoms with E-state index in [1.165, 1.54) is 19.2 Å². The molecule has 1 heterocycles. The highest BCUT2D eigenvalue weighted by Crippen LogP contribution is 2.15. The monoisotopic (exact) mass is 252 g/mol. The number of nitrogens with two attached hydrogens (primary N) is 1. The number of esters is 1. The van der Waals surface area contributed by atoms with Crippen molar-refractivity contribution in [3.05, 3.63) is 17.8 Å². The second-order valence-electron chi connectivity index (χ2n) is 3.43. The Balaban J connectivity index is 2.75. The first-order chi connectivity index (χ1) is 8.58. The number of nitrogens with one attached hydrogen (secondary N) is 2. The van der Waals surface area contributed by atoms with Crippen molar-refractivity contribution < 1.29 is 14.3 Å². The highest BCUT2D eigenvalue weighted by molar-refractivity contribution is 5.89. The van der Waals surface area contributed by atoms with Crippen LogP contribution in [0.15, 0.2) is 12.1 Å². The normalized spacial score (nSPS) is 9.67. The number of amides is 1. The Hall–Kier alpha value is -2.31. The summed E-state index contributed by atoms with van der Waals surface area (Å²) in [6, 6.07) is 2.98. The average molecular weight is 252 g/mol. The van der Waals surface area contributed by atoms with Gasteiger partial charge in [-0.05, 0) is 19.1 Å². The highest BCUT2D eigenvalue weighted by Gasteiger charge is 2.10. The zero-order valence-electron chi connectivity index (χ0n) is 10.3. The van der Waals surface area contributed by atoms with E-state index in [2.05, 4.69) is 20.4 Å². The Morgan fingerprint density at radius 3 is 2.78 bits per heavy atom. The third-order valence-corrected chi connectivity index (χ3v) is 2.11. The van der Waals surface area contributed by atoms with Crippen LogP contribution in [-0.2, 0) is 9.53 Å². The largest absolute Gasteiger partial charge is 0.464 e. The standard InChI is InChI=1S/C11H16N4O3/c1-3-13-9(16)6-14-10-7(12)4-5-8(15-10)11(17)18-2/h4-5H,3,6,12H2,1-2H3,(H,13,16)(H,14,15). The van der Waals surface area contributed by atoms with Crippen molar-refractivity contribution in [2.45, 2.75) is 6.92 Å². The molecule has 7 nitrogen and oxygen atoms in total. The van der Waals surface area contributed by atoms with Crippen LogP contribution in [0.3, 0.4) is 0 Å². The fourth-order valence-electron chi connectivity index (χ4n) is 1.25. The molecule has 1 aromatic rings. The summed E-state index contributed by atoms with van der Waals surface area (Å²) in [6.45, 7) is 2.41. The summed E-state index contributed by atoms with van der Waals surface area (Å²) in [4.78, 5) is 26.5. The number of methoxy groups -OCH3 is 1. The van der Waals surface area contributed by atoms with E-state index < -0.39 is 5.97 Å². The molecule has 0 unspecified atom stereocenters. The van der Waals surface area contributed by atoms with Crippen molar-refractivity contribution >= 4 is 23.4 Å². The number of ether oxygens (including phenoxy) is 1. The van der Waals surface area contributed by atoms with E-state index in [9.17, 15) is 9.59 Å². The van der Waals surface area contributed by atoms with Gasteiger partial charge in [0.1, 0.15) is 0 Å². The van der Waals surface area contributed by atoms with Gasteiger partial charge in [0, 0.05) is 6.54 Å². The van der Waals surface area contributed by atoms with E-state index in [1.54, 1.807) is 0 Å². The molecule has 18 heavy (non-hydrogen) atoms. The van der Waals surface area contributed by atoms with Gasteiger partial charge in [-0.25, -0.2) is 9.78 Å². The molecule has 98 valence electrons. The second-order valence-corrected chi connectivity index (χ2v) is 3.43. The van der Waals surface area contributed by atoms with E-state index in [4.69, 9.17) is 5.73 Å². The summed E-state index contributed by atoms with van der Waals surface area (Å²) < 4.78 is 4.55. The Bertz CT molecular complexity index is 448. The number of carbonyl (C=O) groups is 2. The zero-order chi connectivity index (χ0) is 13.5. The molecule has 7 heteroatoms. The number of rotatable bonds is 5. The van der Waals surface area contributed by atoms with E-state index in [0.29, 0.717) is 12.2 Å². The quantitative estimate of drug-likeness (QED) is 0.637.